The first-order chi connectivity index (χ1) is 9.04. The number of rotatable bonds is 5. The van der Waals surface area contributed by atoms with E-state index in [2.05, 4.69) is 6.92 Å². The Bertz CT molecular complexity index is 355. The predicted molar refractivity (Wildman–Crippen MR) is 75.7 cm³/mol. The lowest BCUT2D eigenvalue weighted by atomic mass is 10.2. The first kappa shape index (κ1) is 14.7. The molecule has 19 heavy (non-hydrogen) atoms. The van der Waals surface area contributed by atoms with Crippen molar-refractivity contribution < 1.29 is 14.3 Å². The molecule has 1 amide bonds. The van der Waals surface area contributed by atoms with Gasteiger partial charge in [0.1, 0.15) is 6.04 Å². The summed E-state index contributed by atoms with van der Waals surface area (Å²) in [6.45, 7) is 5.80. The van der Waals surface area contributed by atoms with E-state index in [4.69, 9.17) is 4.74 Å². The molecule has 108 valence electrons. The lowest BCUT2D eigenvalue weighted by Gasteiger charge is -2.28. The molecule has 0 spiro atoms. The van der Waals surface area contributed by atoms with Crippen molar-refractivity contribution in [3.8, 4) is 0 Å². The minimum atomic E-state index is -0.378. The van der Waals surface area contributed by atoms with Gasteiger partial charge in [0.25, 0.3) is 0 Å². The van der Waals surface area contributed by atoms with Crippen molar-refractivity contribution in [2.75, 3.05) is 5.75 Å². The van der Waals surface area contributed by atoms with Crippen molar-refractivity contribution in [1.29, 1.82) is 0 Å². The molecule has 1 saturated heterocycles. The van der Waals surface area contributed by atoms with Gasteiger partial charge in [-0.3, -0.25) is 4.79 Å². The molecule has 0 aromatic rings. The van der Waals surface area contributed by atoms with Crippen LogP contribution >= 0.6 is 11.8 Å². The zero-order valence-electron chi connectivity index (χ0n) is 11.9. The molecular weight excluding hydrogens is 262 g/mol. The highest BCUT2D eigenvalue weighted by molar-refractivity contribution is 8.00. The molecule has 2 unspecified atom stereocenters. The summed E-state index contributed by atoms with van der Waals surface area (Å²) in [5.41, 5.74) is 0. The van der Waals surface area contributed by atoms with Gasteiger partial charge in [0.2, 0.25) is 5.91 Å². The molecule has 2 rings (SSSR count). The van der Waals surface area contributed by atoms with Crippen LogP contribution in [0.25, 0.3) is 0 Å². The highest BCUT2D eigenvalue weighted by atomic mass is 32.2. The Balaban J connectivity index is 2.08. The van der Waals surface area contributed by atoms with Gasteiger partial charge in [-0.2, -0.15) is 0 Å². The number of amides is 1. The first-order valence-electron chi connectivity index (χ1n) is 7.18. The summed E-state index contributed by atoms with van der Waals surface area (Å²) in [4.78, 5) is 26.3. The van der Waals surface area contributed by atoms with Crippen LogP contribution in [0.1, 0.15) is 46.5 Å². The summed E-state index contributed by atoms with van der Waals surface area (Å²) >= 11 is 1.72. The van der Waals surface area contributed by atoms with Crippen molar-refractivity contribution in [2.45, 2.75) is 64.0 Å². The Morgan fingerprint density at radius 2 is 2.05 bits per heavy atom. The second-order valence-electron chi connectivity index (χ2n) is 5.60. The molecular formula is C14H23NO3S. The predicted octanol–water partition coefficient (Wildman–Crippen LogP) is 2.42. The number of carbonyl (C=O) groups is 2. The van der Waals surface area contributed by atoms with E-state index in [0.29, 0.717) is 5.75 Å². The van der Waals surface area contributed by atoms with Crippen LogP contribution in [0, 0.1) is 5.92 Å². The quantitative estimate of drug-likeness (QED) is 0.728. The summed E-state index contributed by atoms with van der Waals surface area (Å²) in [6.07, 6.45) is 3.81. The van der Waals surface area contributed by atoms with E-state index in [0.717, 1.165) is 25.7 Å². The Morgan fingerprint density at radius 1 is 1.37 bits per heavy atom. The van der Waals surface area contributed by atoms with Crippen LogP contribution in [0.2, 0.25) is 0 Å². The number of esters is 1. The number of hydrogen-bond acceptors (Lipinski definition) is 4. The number of thioether (sulfide) groups is 1. The minimum absolute atomic E-state index is 0.124. The molecule has 0 bridgehead atoms. The van der Waals surface area contributed by atoms with Crippen LogP contribution in [0.4, 0.5) is 0 Å². The smallest absolute Gasteiger partial charge is 0.330 e. The number of carbonyl (C=O) groups excluding carboxylic acids is 2. The monoisotopic (exact) mass is 285 g/mol. The third-order valence-electron chi connectivity index (χ3n) is 3.43. The summed E-state index contributed by atoms with van der Waals surface area (Å²) < 4.78 is 5.30. The Morgan fingerprint density at radius 3 is 2.58 bits per heavy atom. The molecule has 2 atom stereocenters. The SMILES string of the molecule is CCCC1SCC(C(=O)OC(C)C)N1C(=O)C1CC1. The third kappa shape index (κ3) is 3.44. The fourth-order valence-corrected chi connectivity index (χ4v) is 3.88. The molecule has 1 saturated carbocycles. The maximum atomic E-state index is 12.4. The van der Waals surface area contributed by atoms with Crippen LogP contribution in [-0.2, 0) is 14.3 Å². The van der Waals surface area contributed by atoms with E-state index in [-0.39, 0.29) is 35.3 Å². The highest BCUT2D eigenvalue weighted by Crippen LogP contribution is 2.39. The fraction of sp³-hybridized carbons (Fsp3) is 0.857. The van der Waals surface area contributed by atoms with Gasteiger partial charge in [0.15, 0.2) is 0 Å². The Hall–Kier alpha value is -0.710. The summed E-state index contributed by atoms with van der Waals surface area (Å²) in [7, 11) is 0. The van der Waals surface area contributed by atoms with Gasteiger partial charge in [-0.15, -0.1) is 11.8 Å². The zero-order chi connectivity index (χ0) is 14.0. The molecule has 1 heterocycles. The van der Waals surface area contributed by atoms with Gasteiger partial charge in [-0.1, -0.05) is 13.3 Å². The summed E-state index contributed by atoms with van der Waals surface area (Å²) in [5.74, 6) is 0.756. The Kier molecular flexibility index (Phi) is 4.76. The summed E-state index contributed by atoms with van der Waals surface area (Å²) in [5, 5.41) is 0.155. The molecule has 1 aliphatic heterocycles. The van der Waals surface area contributed by atoms with Crippen LogP contribution in [0.3, 0.4) is 0 Å². The third-order valence-corrected chi connectivity index (χ3v) is 4.79. The molecule has 0 aromatic carbocycles. The highest BCUT2D eigenvalue weighted by Gasteiger charge is 2.46. The van der Waals surface area contributed by atoms with Crippen LogP contribution < -0.4 is 0 Å². The lowest BCUT2D eigenvalue weighted by molar-refractivity contribution is -0.157. The van der Waals surface area contributed by atoms with Crippen LogP contribution in [0.5, 0.6) is 0 Å². The van der Waals surface area contributed by atoms with Crippen molar-refractivity contribution in [3.63, 3.8) is 0 Å². The molecule has 2 fully saturated rings. The van der Waals surface area contributed by atoms with Crippen molar-refractivity contribution >= 4 is 23.6 Å². The summed E-state index contributed by atoms with van der Waals surface area (Å²) in [6, 6.07) is -0.378. The average Bonchev–Trinajstić information content (AvgIpc) is 3.09. The van der Waals surface area contributed by atoms with Crippen molar-refractivity contribution in [3.05, 3.63) is 0 Å². The molecule has 4 nitrogen and oxygen atoms in total. The molecule has 2 aliphatic rings. The molecule has 0 aromatic heterocycles. The molecule has 0 N–H and O–H groups in total. The van der Waals surface area contributed by atoms with Crippen molar-refractivity contribution in [1.82, 2.24) is 4.90 Å². The van der Waals surface area contributed by atoms with Gasteiger partial charge >= 0.3 is 5.97 Å². The maximum Gasteiger partial charge on any atom is 0.330 e. The van der Waals surface area contributed by atoms with Gasteiger partial charge in [-0.25, -0.2) is 4.79 Å². The lowest BCUT2D eigenvalue weighted by Crippen LogP contribution is -2.47. The minimum Gasteiger partial charge on any atom is -0.461 e. The second-order valence-corrected chi connectivity index (χ2v) is 6.81. The van der Waals surface area contributed by atoms with Gasteiger partial charge < -0.3 is 9.64 Å². The van der Waals surface area contributed by atoms with E-state index in [1.165, 1.54) is 0 Å². The van der Waals surface area contributed by atoms with Crippen molar-refractivity contribution in [2.24, 2.45) is 5.92 Å². The van der Waals surface area contributed by atoms with E-state index in [1.807, 2.05) is 18.7 Å². The number of ether oxygens (including phenoxy) is 1. The fourth-order valence-electron chi connectivity index (χ4n) is 2.36. The van der Waals surface area contributed by atoms with Gasteiger partial charge in [0, 0.05) is 11.7 Å². The van der Waals surface area contributed by atoms with E-state index in [1.54, 1.807) is 11.8 Å². The largest absolute Gasteiger partial charge is 0.461 e. The van der Waals surface area contributed by atoms with E-state index in [9.17, 15) is 9.59 Å². The average molecular weight is 285 g/mol. The van der Waals surface area contributed by atoms with Gasteiger partial charge in [0.05, 0.1) is 11.5 Å². The van der Waals surface area contributed by atoms with Gasteiger partial charge in [-0.05, 0) is 33.1 Å². The molecule has 5 heteroatoms. The standard InChI is InChI=1S/C14H23NO3S/c1-4-5-12-15(13(16)10-6-7-10)11(8-19-12)14(17)18-9(2)3/h9-12H,4-8H2,1-3H3. The molecule has 0 radical (unpaired) electrons. The van der Waals surface area contributed by atoms with E-state index < -0.39 is 0 Å². The number of nitrogens with zero attached hydrogens (tertiary/aromatic N) is 1. The zero-order valence-corrected chi connectivity index (χ0v) is 12.7. The first-order valence-corrected chi connectivity index (χ1v) is 8.23. The topological polar surface area (TPSA) is 46.6 Å². The van der Waals surface area contributed by atoms with E-state index >= 15 is 0 Å². The van der Waals surface area contributed by atoms with Crippen LogP contribution in [0.15, 0.2) is 0 Å². The van der Waals surface area contributed by atoms with Crippen LogP contribution in [-0.4, -0.2) is 40.0 Å². The number of hydrogen-bond donors (Lipinski definition) is 0. The maximum absolute atomic E-state index is 12.4. The second kappa shape index (κ2) is 6.16. The Labute approximate surface area is 119 Å². The molecule has 1 aliphatic carbocycles. The normalized spacial score (nSPS) is 26.8.